The summed E-state index contributed by atoms with van der Waals surface area (Å²) in [5.41, 5.74) is 2.23. The van der Waals surface area contributed by atoms with E-state index >= 15 is 0 Å². The maximum atomic E-state index is 12.4. The number of carbonyl (C=O) groups excluding carboxylic acids is 2. The minimum Gasteiger partial charge on any atom is -0.353 e. The first-order valence-electron chi connectivity index (χ1n) is 7.96. The Kier molecular flexibility index (Phi) is 5.85. The van der Waals surface area contributed by atoms with Crippen molar-refractivity contribution >= 4 is 11.8 Å². The van der Waals surface area contributed by atoms with Gasteiger partial charge in [-0.05, 0) is 31.7 Å². The number of benzene rings is 1. The van der Waals surface area contributed by atoms with Gasteiger partial charge in [0.25, 0.3) is 0 Å². The van der Waals surface area contributed by atoms with Crippen molar-refractivity contribution in [3.8, 4) is 0 Å². The molecule has 1 saturated heterocycles. The summed E-state index contributed by atoms with van der Waals surface area (Å²) < 4.78 is 37.1. The third kappa shape index (κ3) is 5.25. The summed E-state index contributed by atoms with van der Waals surface area (Å²) in [7, 11) is 0. The van der Waals surface area contributed by atoms with Gasteiger partial charge in [0.05, 0.1) is 0 Å². The normalized spacial score (nSPS) is 16.1. The number of hydrogen-bond acceptors (Lipinski definition) is 2. The molecule has 0 aromatic heterocycles. The van der Waals surface area contributed by atoms with Gasteiger partial charge in [0.15, 0.2) is 0 Å². The number of piperidine rings is 1. The van der Waals surface area contributed by atoms with E-state index in [1.807, 2.05) is 31.2 Å². The molecule has 1 aromatic rings. The van der Waals surface area contributed by atoms with Gasteiger partial charge in [0.1, 0.15) is 0 Å². The number of amides is 2. The van der Waals surface area contributed by atoms with Crippen LogP contribution in [0.3, 0.4) is 0 Å². The number of alkyl halides is 3. The summed E-state index contributed by atoms with van der Waals surface area (Å²) in [5.74, 6) is -1.91. The standard InChI is InChI=1S/C17H21F3N2O2/c1-12-2-4-13(5-3-12)6-7-15(23)21-14-8-10-22(11-9-14)16(24)17(18,19)20/h2-5,14H,6-11H2,1H3,(H,21,23). The van der Waals surface area contributed by atoms with Crippen LogP contribution in [-0.4, -0.2) is 42.0 Å². The van der Waals surface area contributed by atoms with Crippen LogP contribution in [0.4, 0.5) is 13.2 Å². The number of hydrogen-bond donors (Lipinski definition) is 1. The average molecular weight is 342 g/mol. The minimum absolute atomic E-state index is 0.0151. The lowest BCUT2D eigenvalue weighted by Gasteiger charge is -2.32. The van der Waals surface area contributed by atoms with E-state index < -0.39 is 12.1 Å². The highest BCUT2D eigenvalue weighted by atomic mass is 19.4. The summed E-state index contributed by atoms with van der Waals surface area (Å²) in [4.78, 5) is 23.9. The van der Waals surface area contributed by atoms with Crippen molar-refractivity contribution in [3.63, 3.8) is 0 Å². The molecule has 1 fully saturated rings. The largest absolute Gasteiger partial charge is 0.471 e. The molecular weight excluding hydrogens is 321 g/mol. The quantitative estimate of drug-likeness (QED) is 0.914. The van der Waals surface area contributed by atoms with E-state index in [0.29, 0.717) is 25.7 Å². The second kappa shape index (κ2) is 7.68. The van der Waals surface area contributed by atoms with Crippen molar-refractivity contribution in [3.05, 3.63) is 35.4 Å². The van der Waals surface area contributed by atoms with Crippen LogP contribution in [-0.2, 0) is 16.0 Å². The Morgan fingerprint density at radius 1 is 1.17 bits per heavy atom. The maximum absolute atomic E-state index is 12.4. The molecule has 0 spiro atoms. The van der Waals surface area contributed by atoms with Crippen molar-refractivity contribution in [2.24, 2.45) is 0 Å². The van der Waals surface area contributed by atoms with Crippen LogP contribution in [0.5, 0.6) is 0 Å². The lowest BCUT2D eigenvalue weighted by Crippen LogP contribution is -2.50. The van der Waals surface area contributed by atoms with Crippen molar-refractivity contribution in [1.29, 1.82) is 0 Å². The zero-order chi connectivity index (χ0) is 17.7. The molecule has 132 valence electrons. The Balaban J connectivity index is 1.72. The summed E-state index contributed by atoms with van der Waals surface area (Å²) in [6.45, 7) is 2.02. The Bertz CT molecular complexity index is 576. The molecule has 0 aliphatic carbocycles. The second-order valence-corrected chi connectivity index (χ2v) is 6.12. The Hall–Kier alpha value is -2.05. The number of rotatable bonds is 4. The summed E-state index contributed by atoms with van der Waals surface area (Å²) in [6, 6.07) is 7.75. The fourth-order valence-corrected chi connectivity index (χ4v) is 2.72. The molecule has 1 heterocycles. The van der Waals surface area contributed by atoms with E-state index in [-0.39, 0.29) is 25.0 Å². The van der Waals surface area contributed by atoms with Gasteiger partial charge in [0, 0.05) is 25.6 Å². The third-order valence-electron chi connectivity index (χ3n) is 4.15. The lowest BCUT2D eigenvalue weighted by molar-refractivity contribution is -0.186. The highest BCUT2D eigenvalue weighted by molar-refractivity contribution is 5.82. The van der Waals surface area contributed by atoms with Crippen LogP contribution in [0.25, 0.3) is 0 Å². The first-order valence-corrected chi connectivity index (χ1v) is 7.96. The van der Waals surface area contributed by atoms with E-state index in [1.165, 1.54) is 0 Å². The smallest absolute Gasteiger partial charge is 0.353 e. The third-order valence-corrected chi connectivity index (χ3v) is 4.15. The number of nitrogens with one attached hydrogen (secondary N) is 1. The molecule has 1 aliphatic heterocycles. The van der Waals surface area contributed by atoms with E-state index in [1.54, 1.807) is 0 Å². The topological polar surface area (TPSA) is 49.4 Å². The van der Waals surface area contributed by atoms with Gasteiger partial charge < -0.3 is 10.2 Å². The van der Waals surface area contributed by atoms with Gasteiger partial charge in [-0.3, -0.25) is 9.59 Å². The lowest BCUT2D eigenvalue weighted by atomic mass is 10.0. The van der Waals surface area contributed by atoms with Crippen LogP contribution in [0, 0.1) is 6.92 Å². The SMILES string of the molecule is Cc1ccc(CCC(=O)NC2CCN(C(=O)C(F)(F)F)CC2)cc1. The van der Waals surface area contributed by atoms with E-state index in [2.05, 4.69) is 5.32 Å². The van der Waals surface area contributed by atoms with Crippen LogP contribution >= 0.6 is 0 Å². The molecule has 7 heteroatoms. The predicted octanol–water partition coefficient (Wildman–Crippen LogP) is 2.60. The molecule has 1 N–H and O–H groups in total. The van der Waals surface area contributed by atoms with Crippen molar-refractivity contribution in [1.82, 2.24) is 10.2 Å². The minimum atomic E-state index is -4.83. The molecule has 1 aromatic carbocycles. The van der Waals surface area contributed by atoms with Crippen LogP contribution < -0.4 is 5.32 Å². The molecule has 2 amide bonds. The van der Waals surface area contributed by atoms with Gasteiger partial charge in [-0.2, -0.15) is 13.2 Å². The zero-order valence-electron chi connectivity index (χ0n) is 13.5. The Labute approximate surface area is 139 Å². The number of nitrogens with zero attached hydrogens (tertiary/aromatic N) is 1. The highest BCUT2D eigenvalue weighted by Gasteiger charge is 2.43. The summed E-state index contributed by atoms with van der Waals surface area (Å²) in [6.07, 6.45) is -3.18. The van der Waals surface area contributed by atoms with Gasteiger partial charge in [-0.25, -0.2) is 0 Å². The van der Waals surface area contributed by atoms with Crippen molar-refractivity contribution in [2.75, 3.05) is 13.1 Å². The molecule has 0 unspecified atom stereocenters. The fraction of sp³-hybridized carbons (Fsp3) is 0.529. The fourth-order valence-electron chi connectivity index (χ4n) is 2.72. The Morgan fingerprint density at radius 2 is 1.75 bits per heavy atom. The maximum Gasteiger partial charge on any atom is 0.471 e. The molecule has 0 radical (unpaired) electrons. The van der Waals surface area contributed by atoms with Gasteiger partial charge in [-0.15, -0.1) is 0 Å². The molecular formula is C17H21F3N2O2. The highest BCUT2D eigenvalue weighted by Crippen LogP contribution is 2.21. The first kappa shape index (κ1) is 18.3. The summed E-state index contributed by atoms with van der Waals surface area (Å²) >= 11 is 0. The molecule has 0 bridgehead atoms. The van der Waals surface area contributed by atoms with E-state index in [0.717, 1.165) is 16.0 Å². The summed E-state index contributed by atoms with van der Waals surface area (Å²) in [5, 5.41) is 2.84. The Morgan fingerprint density at radius 3 is 2.29 bits per heavy atom. The predicted molar refractivity (Wildman–Crippen MR) is 83.3 cm³/mol. The number of carbonyl (C=O) groups is 2. The van der Waals surface area contributed by atoms with Crippen molar-refractivity contribution < 1.29 is 22.8 Å². The second-order valence-electron chi connectivity index (χ2n) is 6.12. The van der Waals surface area contributed by atoms with Crippen LogP contribution in [0.1, 0.15) is 30.4 Å². The van der Waals surface area contributed by atoms with Crippen LogP contribution in [0.15, 0.2) is 24.3 Å². The number of likely N-dealkylation sites (tertiary alicyclic amines) is 1. The van der Waals surface area contributed by atoms with Gasteiger partial charge in [0.2, 0.25) is 5.91 Å². The van der Waals surface area contributed by atoms with Gasteiger partial charge >= 0.3 is 12.1 Å². The first-order chi connectivity index (χ1) is 11.3. The molecule has 24 heavy (non-hydrogen) atoms. The van der Waals surface area contributed by atoms with Gasteiger partial charge in [-0.1, -0.05) is 29.8 Å². The molecule has 0 saturated carbocycles. The molecule has 0 atom stereocenters. The molecule has 2 rings (SSSR count). The van der Waals surface area contributed by atoms with E-state index in [4.69, 9.17) is 0 Å². The van der Waals surface area contributed by atoms with E-state index in [9.17, 15) is 22.8 Å². The zero-order valence-corrected chi connectivity index (χ0v) is 13.5. The number of aryl methyl sites for hydroxylation is 2. The monoisotopic (exact) mass is 342 g/mol. The number of halogens is 3. The molecule has 1 aliphatic rings. The average Bonchev–Trinajstić information content (AvgIpc) is 2.53. The molecule has 4 nitrogen and oxygen atoms in total. The van der Waals surface area contributed by atoms with Crippen LogP contribution in [0.2, 0.25) is 0 Å². The van der Waals surface area contributed by atoms with Crippen molar-refractivity contribution in [2.45, 2.75) is 44.8 Å².